The van der Waals surface area contributed by atoms with Gasteiger partial charge in [0.15, 0.2) is 0 Å². The van der Waals surface area contributed by atoms with Gasteiger partial charge in [0.1, 0.15) is 0 Å². The molecule has 0 saturated heterocycles. The molecule has 0 fully saturated rings. The van der Waals surface area contributed by atoms with Gasteiger partial charge in [0.25, 0.3) is 0 Å². The molecule has 0 aromatic heterocycles. The lowest BCUT2D eigenvalue weighted by Crippen LogP contribution is -2.45. The van der Waals surface area contributed by atoms with Crippen LogP contribution in [0.5, 0.6) is 0 Å². The van der Waals surface area contributed by atoms with Gasteiger partial charge in [-0.2, -0.15) is 0 Å². The molecule has 0 bridgehead atoms. The molecule has 0 rings (SSSR count). The van der Waals surface area contributed by atoms with Crippen LogP contribution in [0.1, 0.15) is 322 Å². The van der Waals surface area contributed by atoms with Crippen LogP contribution in [0, 0.1) is 0 Å². The Morgan fingerprint density at radius 3 is 1.12 bits per heavy atom. The Labute approximate surface area is 411 Å². The molecule has 0 saturated carbocycles. The first kappa shape index (κ1) is 64.3. The second kappa shape index (κ2) is 55.9. The summed E-state index contributed by atoms with van der Waals surface area (Å²) in [4.78, 5) is 24.5. The highest BCUT2D eigenvalue weighted by Crippen LogP contribution is 2.17. The minimum Gasteiger partial charge on any atom is -0.466 e. The Kier molecular flexibility index (Phi) is 54.5. The van der Waals surface area contributed by atoms with Gasteiger partial charge in [0.05, 0.1) is 25.4 Å². The molecule has 2 atom stereocenters. The van der Waals surface area contributed by atoms with E-state index in [1.54, 1.807) is 0 Å². The van der Waals surface area contributed by atoms with Crippen molar-refractivity contribution in [1.29, 1.82) is 0 Å². The molecule has 0 aliphatic rings. The lowest BCUT2D eigenvalue weighted by atomic mass is 10.0. The third kappa shape index (κ3) is 51.7. The monoisotopic (exact) mass is 930 g/mol. The average Bonchev–Trinajstić information content (AvgIpc) is 3.32. The van der Waals surface area contributed by atoms with Gasteiger partial charge in [-0.25, -0.2) is 0 Å². The van der Waals surface area contributed by atoms with E-state index in [2.05, 4.69) is 43.5 Å². The van der Waals surface area contributed by atoms with E-state index in [4.69, 9.17) is 4.74 Å². The van der Waals surface area contributed by atoms with E-state index >= 15 is 0 Å². The number of rotatable bonds is 55. The van der Waals surface area contributed by atoms with Gasteiger partial charge < -0.3 is 20.3 Å². The number of aliphatic hydroxyl groups is 2. The number of aliphatic hydroxyl groups excluding tert-OH is 2. The fraction of sp³-hybridized carbons (Fsp3) is 0.900. The first-order valence-corrected chi connectivity index (χ1v) is 29.6. The van der Waals surface area contributed by atoms with Crippen LogP contribution in [-0.2, 0) is 14.3 Å². The highest BCUT2D eigenvalue weighted by molar-refractivity contribution is 5.76. The molecule has 0 aliphatic carbocycles. The number of unbranched alkanes of at least 4 members (excludes halogenated alkanes) is 40. The second-order valence-electron chi connectivity index (χ2n) is 20.3. The van der Waals surface area contributed by atoms with Crippen LogP contribution in [0.3, 0.4) is 0 Å². The molecule has 1 amide bonds. The zero-order valence-electron chi connectivity index (χ0n) is 44.4. The quantitative estimate of drug-likeness (QED) is 0.0321. The number of ether oxygens (including phenoxy) is 1. The summed E-state index contributed by atoms with van der Waals surface area (Å²) in [5.41, 5.74) is 0. The number of carbonyl (C=O) groups is 2. The van der Waals surface area contributed by atoms with E-state index in [1.807, 2.05) is 0 Å². The minimum absolute atomic E-state index is 0.0206. The molecule has 66 heavy (non-hydrogen) atoms. The summed E-state index contributed by atoms with van der Waals surface area (Å²) in [7, 11) is 0. The van der Waals surface area contributed by atoms with Crippen molar-refractivity contribution in [2.75, 3.05) is 13.2 Å². The number of esters is 1. The topological polar surface area (TPSA) is 95.9 Å². The number of allylic oxidation sites excluding steroid dienone is 4. The Balaban J connectivity index is 3.47. The number of hydrogen-bond acceptors (Lipinski definition) is 5. The Morgan fingerprint density at radius 2 is 0.727 bits per heavy atom. The highest BCUT2D eigenvalue weighted by atomic mass is 16.5. The van der Waals surface area contributed by atoms with Gasteiger partial charge in [-0.05, 0) is 70.6 Å². The molecule has 0 aromatic rings. The molecular weight excluding hydrogens is 815 g/mol. The summed E-state index contributed by atoms with van der Waals surface area (Å²) in [6, 6.07) is -0.554. The van der Waals surface area contributed by atoms with Crippen LogP contribution in [0.2, 0.25) is 0 Å². The maximum atomic E-state index is 12.5. The van der Waals surface area contributed by atoms with Crippen molar-refractivity contribution in [1.82, 2.24) is 5.32 Å². The average molecular weight is 931 g/mol. The number of nitrogens with one attached hydrogen (secondary N) is 1. The number of amides is 1. The maximum absolute atomic E-state index is 12.5. The van der Waals surface area contributed by atoms with E-state index < -0.39 is 12.1 Å². The standard InChI is InChI=1S/C60H115NO5/c1-3-5-7-9-11-13-15-16-17-18-19-20-21-22-23-24-26-29-33-36-40-44-48-52-58(63)57(56-62)61-59(64)53-49-45-41-37-34-30-27-25-28-31-35-39-43-47-51-55-66-60(65)54-50-46-42-38-32-14-12-10-8-6-4-2/h10,12,28,31,57-58,62-63H,3-9,11,13-27,29-30,32-56H2,1-2H3,(H,61,64)/b12-10-,31-28-. The van der Waals surface area contributed by atoms with E-state index in [9.17, 15) is 19.8 Å². The molecule has 3 N–H and O–H groups in total. The predicted molar refractivity (Wildman–Crippen MR) is 287 cm³/mol. The van der Waals surface area contributed by atoms with Crippen LogP contribution in [0.25, 0.3) is 0 Å². The summed E-state index contributed by atoms with van der Waals surface area (Å²) in [6.45, 7) is 4.90. The Morgan fingerprint density at radius 1 is 0.409 bits per heavy atom. The third-order valence-electron chi connectivity index (χ3n) is 13.7. The van der Waals surface area contributed by atoms with Gasteiger partial charge in [-0.3, -0.25) is 9.59 Å². The van der Waals surface area contributed by atoms with Gasteiger partial charge >= 0.3 is 5.97 Å². The van der Waals surface area contributed by atoms with Crippen LogP contribution < -0.4 is 5.32 Å². The van der Waals surface area contributed by atoms with Gasteiger partial charge in [0.2, 0.25) is 5.91 Å². The first-order valence-electron chi connectivity index (χ1n) is 29.6. The van der Waals surface area contributed by atoms with Crippen molar-refractivity contribution >= 4 is 11.9 Å². The van der Waals surface area contributed by atoms with E-state index in [0.717, 1.165) is 70.6 Å². The lowest BCUT2D eigenvalue weighted by molar-refractivity contribution is -0.143. The van der Waals surface area contributed by atoms with Crippen molar-refractivity contribution in [2.24, 2.45) is 0 Å². The van der Waals surface area contributed by atoms with Gasteiger partial charge in [-0.15, -0.1) is 0 Å². The smallest absolute Gasteiger partial charge is 0.305 e. The summed E-state index contributed by atoms with van der Waals surface area (Å²) >= 11 is 0. The van der Waals surface area contributed by atoms with Crippen molar-refractivity contribution < 1.29 is 24.5 Å². The molecule has 0 aliphatic heterocycles. The molecule has 0 heterocycles. The molecule has 2 unspecified atom stereocenters. The van der Waals surface area contributed by atoms with Crippen LogP contribution in [-0.4, -0.2) is 47.4 Å². The fourth-order valence-corrected chi connectivity index (χ4v) is 9.15. The lowest BCUT2D eigenvalue weighted by Gasteiger charge is -2.22. The summed E-state index contributed by atoms with van der Waals surface area (Å²) in [5.74, 6) is -0.0681. The van der Waals surface area contributed by atoms with Crippen molar-refractivity contribution in [3.8, 4) is 0 Å². The zero-order chi connectivity index (χ0) is 47.9. The summed E-state index contributed by atoms with van der Waals surface area (Å²) in [5, 5.41) is 23.4. The molecule has 0 spiro atoms. The van der Waals surface area contributed by atoms with Gasteiger partial charge in [-0.1, -0.05) is 263 Å². The Hall–Kier alpha value is -1.66. The fourth-order valence-electron chi connectivity index (χ4n) is 9.15. The molecule has 0 aromatic carbocycles. The van der Waals surface area contributed by atoms with Gasteiger partial charge in [0, 0.05) is 12.8 Å². The van der Waals surface area contributed by atoms with Crippen molar-refractivity contribution in [3.63, 3.8) is 0 Å². The summed E-state index contributed by atoms with van der Waals surface area (Å²) in [6.07, 6.45) is 67.5. The zero-order valence-corrected chi connectivity index (χ0v) is 44.4. The number of hydrogen-bond donors (Lipinski definition) is 3. The predicted octanol–water partition coefficient (Wildman–Crippen LogP) is 18.2. The van der Waals surface area contributed by atoms with Crippen LogP contribution >= 0.6 is 0 Å². The van der Waals surface area contributed by atoms with E-state index in [-0.39, 0.29) is 18.5 Å². The molecule has 6 nitrogen and oxygen atoms in total. The third-order valence-corrected chi connectivity index (χ3v) is 13.7. The normalized spacial score (nSPS) is 12.7. The minimum atomic E-state index is -0.675. The molecule has 6 heteroatoms. The molecule has 0 radical (unpaired) electrons. The van der Waals surface area contributed by atoms with Crippen molar-refractivity contribution in [2.45, 2.75) is 334 Å². The van der Waals surface area contributed by atoms with Crippen LogP contribution in [0.4, 0.5) is 0 Å². The van der Waals surface area contributed by atoms with E-state index in [1.165, 1.54) is 218 Å². The maximum Gasteiger partial charge on any atom is 0.305 e. The highest BCUT2D eigenvalue weighted by Gasteiger charge is 2.20. The second-order valence-corrected chi connectivity index (χ2v) is 20.3. The number of carbonyl (C=O) groups excluding carboxylic acids is 2. The van der Waals surface area contributed by atoms with Crippen LogP contribution in [0.15, 0.2) is 24.3 Å². The summed E-state index contributed by atoms with van der Waals surface area (Å²) < 4.78 is 5.44. The largest absolute Gasteiger partial charge is 0.466 e. The Bertz CT molecular complexity index is 1030. The SMILES string of the molecule is CCCC/C=C\CCCCCCCC(=O)OCCCCCC/C=C\CCCCCCCCCC(=O)NC(CO)C(O)CCCCCCCCCCCCCCCCCCCCCCCCC. The first-order chi connectivity index (χ1) is 32.5. The van der Waals surface area contributed by atoms with Crippen molar-refractivity contribution in [3.05, 3.63) is 24.3 Å². The molecular formula is C60H115NO5. The molecule has 390 valence electrons. The van der Waals surface area contributed by atoms with E-state index in [0.29, 0.717) is 25.9 Å².